The standard InChI is InChI=1S/C30H32BrClN6O/c1-2-30(21-11-12-22(30)14-13-21)37-29(39)34-17-20-9-7-19(8-10-20)16-33-27-15-26(23-5-3-4-6-25(23)32)36-28-24(31)18-35-38(27)28/h3-10,15,18,21-22,33H,2,11-14,16-17H2,1H3,(H2,34,37,39)/t21-,22+,30-. The Labute approximate surface area is 241 Å². The lowest BCUT2D eigenvalue weighted by Crippen LogP contribution is -2.54. The summed E-state index contributed by atoms with van der Waals surface area (Å²) in [6, 6.07) is 17.9. The molecular formula is C30H32BrClN6O. The van der Waals surface area contributed by atoms with Crippen molar-refractivity contribution in [3.63, 3.8) is 0 Å². The van der Waals surface area contributed by atoms with E-state index in [9.17, 15) is 4.79 Å². The van der Waals surface area contributed by atoms with Crippen LogP contribution in [0.1, 0.15) is 50.2 Å². The molecule has 2 bridgehead atoms. The summed E-state index contributed by atoms with van der Waals surface area (Å²) in [6.45, 7) is 3.32. The highest BCUT2D eigenvalue weighted by Crippen LogP contribution is 2.53. The van der Waals surface area contributed by atoms with Crippen molar-refractivity contribution in [1.82, 2.24) is 25.2 Å². The number of rotatable bonds is 8. The first-order chi connectivity index (χ1) is 19.0. The molecule has 2 aliphatic carbocycles. The van der Waals surface area contributed by atoms with E-state index in [4.69, 9.17) is 16.6 Å². The molecular weight excluding hydrogens is 576 g/mol. The summed E-state index contributed by atoms with van der Waals surface area (Å²) in [5.74, 6) is 2.08. The Hall–Kier alpha value is -3.10. The lowest BCUT2D eigenvalue weighted by Gasteiger charge is -2.34. The number of benzene rings is 2. The molecule has 0 radical (unpaired) electrons. The van der Waals surface area contributed by atoms with Gasteiger partial charge in [0.25, 0.3) is 0 Å². The van der Waals surface area contributed by atoms with Crippen molar-refractivity contribution in [3.05, 3.63) is 81.4 Å². The van der Waals surface area contributed by atoms with Crippen LogP contribution in [0.5, 0.6) is 0 Å². The van der Waals surface area contributed by atoms with E-state index in [2.05, 4.69) is 68.2 Å². The van der Waals surface area contributed by atoms with E-state index in [-0.39, 0.29) is 11.6 Å². The average molecular weight is 608 g/mol. The number of fused-ring (bicyclic) bond motifs is 3. The Morgan fingerprint density at radius 1 is 1.05 bits per heavy atom. The summed E-state index contributed by atoms with van der Waals surface area (Å²) < 4.78 is 2.59. The summed E-state index contributed by atoms with van der Waals surface area (Å²) in [4.78, 5) is 17.6. The van der Waals surface area contributed by atoms with E-state index < -0.39 is 0 Å². The average Bonchev–Trinajstić information content (AvgIpc) is 3.62. The molecule has 202 valence electrons. The molecule has 2 aromatic heterocycles. The highest BCUT2D eigenvalue weighted by atomic mass is 79.9. The van der Waals surface area contributed by atoms with Gasteiger partial charge >= 0.3 is 6.03 Å². The van der Waals surface area contributed by atoms with Crippen molar-refractivity contribution in [3.8, 4) is 11.3 Å². The number of anilines is 1. The number of carbonyl (C=O) groups excluding carboxylic acids is 1. The topological polar surface area (TPSA) is 83.4 Å². The van der Waals surface area contributed by atoms with Crippen molar-refractivity contribution in [1.29, 1.82) is 0 Å². The molecule has 2 fully saturated rings. The zero-order valence-electron chi connectivity index (χ0n) is 21.9. The molecule has 2 amide bonds. The summed E-state index contributed by atoms with van der Waals surface area (Å²) in [5.41, 5.74) is 4.53. The van der Waals surface area contributed by atoms with E-state index in [1.165, 1.54) is 25.7 Å². The van der Waals surface area contributed by atoms with Crippen molar-refractivity contribution >= 4 is 45.0 Å². The van der Waals surface area contributed by atoms with Crippen LogP contribution in [0.15, 0.2) is 65.3 Å². The molecule has 0 atom stereocenters. The summed E-state index contributed by atoms with van der Waals surface area (Å²) >= 11 is 10.0. The second kappa shape index (κ2) is 10.8. The smallest absolute Gasteiger partial charge is 0.315 e. The Kier molecular flexibility index (Phi) is 7.25. The summed E-state index contributed by atoms with van der Waals surface area (Å²) in [7, 11) is 0. The molecule has 2 saturated carbocycles. The minimum atomic E-state index is -0.0530. The van der Waals surface area contributed by atoms with Gasteiger partial charge in [0, 0.05) is 35.3 Å². The van der Waals surface area contributed by atoms with Crippen LogP contribution in [-0.4, -0.2) is 26.2 Å². The van der Waals surface area contributed by atoms with Gasteiger partial charge in [-0.05, 0) is 77.1 Å². The van der Waals surface area contributed by atoms with Crippen LogP contribution in [0.25, 0.3) is 16.9 Å². The molecule has 0 aliphatic heterocycles. The Morgan fingerprint density at radius 2 is 1.72 bits per heavy atom. The highest BCUT2D eigenvalue weighted by Gasteiger charge is 2.53. The molecule has 6 rings (SSSR count). The lowest BCUT2D eigenvalue weighted by molar-refractivity contribution is 0.200. The molecule has 2 heterocycles. The molecule has 7 nitrogen and oxygen atoms in total. The first-order valence-corrected chi connectivity index (χ1v) is 14.8. The zero-order chi connectivity index (χ0) is 27.0. The van der Waals surface area contributed by atoms with Gasteiger partial charge in [0.05, 0.1) is 16.4 Å². The number of hydrogen-bond donors (Lipinski definition) is 3. The second-order valence-electron chi connectivity index (χ2n) is 10.7. The molecule has 4 aromatic rings. The van der Waals surface area contributed by atoms with E-state index in [0.717, 1.165) is 39.1 Å². The van der Waals surface area contributed by atoms with Crippen LogP contribution in [0.2, 0.25) is 5.02 Å². The molecule has 3 N–H and O–H groups in total. The number of nitrogens with zero attached hydrogens (tertiary/aromatic N) is 3. The Bertz CT molecular complexity index is 1480. The minimum Gasteiger partial charge on any atom is -0.366 e. The van der Waals surface area contributed by atoms with Crippen molar-refractivity contribution in [2.45, 2.75) is 57.7 Å². The minimum absolute atomic E-state index is 0.00609. The van der Waals surface area contributed by atoms with Crippen LogP contribution < -0.4 is 16.0 Å². The van der Waals surface area contributed by atoms with Gasteiger partial charge in [-0.15, -0.1) is 0 Å². The van der Waals surface area contributed by atoms with Crippen LogP contribution in [0.3, 0.4) is 0 Å². The maximum absolute atomic E-state index is 12.8. The fraction of sp³-hybridized carbons (Fsp3) is 0.367. The maximum Gasteiger partial charge on any atom is 0.315 e. The number of urea groups is 1. The first kappa shape index (κ1) is 26.1. The van der Waals surface area contributed by atoms with E-state index in [1.807, 2.05) is 30.3 Å². The number of nitrogens with one attached hydrogen (secondary N) is 3. The fourth-order valence-corrected chi connectivity index (χ4v) is 7.18. The molecule has 9 heteroatoms. The summed E-state index contributed by atoms with van der Waals surface area (Å²) in [5, 5.41) is 15.1. The fourth-order valence-electron chi connectivity index (χ4n) is 6.60. The number of amides is 2. The number of aromatic nitrogens is 3. The molecule has 0 unspecified atom stereocenters. The van der Waals surface area contributed by atoms with Crippen LogP contribution in [0, 0.1) is 11.8 Å². The van der Waals surface area contributed by atoms with Gasteiger partial charge in [-0.3, -0.25) is 0 Å². The number of carbonyl (C=O) groups is 1. The predicted molar refractivity (Wildman–Crippen MR) is 159 cm³/mol. The van der Waals surface area contributed by atoms with Crippen molar-refractivity contribution in [2.24, 2.45) is 11.8 Å². The molecule has 39 heavy (non-hydrogen) atoms. The van der Waals surface area contributed by atoms with Gasteiger partial charge in [0.2, 0.25) is 0 Å². The van der Waals surface area contributed by atoms with Crippen LogP contribution >= 0.6 is 27.5 Å². The highest BCUT2D eigenvalue weighted by molar-refractivity contribution is 9.10. The quantitative estimate of drug-likeness (QED) is 0.198. The van der Waals surface area contributed by atoms with E-state index in [0.29, 0.717) is 35.6 Å². The Balaban J connectivity index is 1.10. The lowest BCUT2D eigenvalue weighted by atomic mass is 9.85. The summed E-state index contributed by atoms with van der Waals surface area (Å²) in [6.07, 6.45) is 7.74. The van der Waals surface area contributed by atoms with Gasteiger partial charge in [-0.1, -0.05) is 61.0 Å². The van der Waals surface area contributed by atoms with Crippen molar-refractivity contribution in [2.75, 3.05) is 5.32 Å². The third-order valence-corrected chi connectivity index (χ3v) is 9.53. The van der Waals surface area contributed by atoms with Gasteiger partial charge < -0.3 is 16.0 Å². The predicted octanol–water partition coefficient (Wildman–Crippen LogP) is 7.19. The number of halogens is 2. The van der Waals surface area contributed by atoms with Gasteiger partial charge in [-0.25, -0.2) is 9.78 Å². The van der Waals surface area contributed by atoms with Crippen molar-refractivity contribution < 1.29 is 4.79 Å². The monoisotopic (exact) mass is 606 g/mol. The third-order valence-electron chi connectivity index (χ3n) is 8.64. The molecule has 0 spiro atoms. The molecule has 0 saturated heterocycles. The number of hydrogen-bond acceptors (Lipinski definition) is 4. The molecule has 2 aliphatic rings. The van der Waals surface area contributed by atoms with E-state index in [1.54, 1.807) is 10.7 Å². The third kappa shape index (κ3) is 5.00. The second-order valence-corrected chi connectivity index (χ2v) is 11.9. The molecule has 2 aromatic carbocycles. The van der Waals surface area contributed by atoms with Gasteiger partial charge in [-0.2, -0.15) is 9.61 Å². The van der Waals surface area contributed by atoms with Crippen LogP contribution in [0.4, 0.5) is 10.6 Å². The largest absolute Gasteiger partial charge is 0.366 e. The normalized spacial score (nSPS) is 21.8. The first-order valence-electron chi connectivity index (χ1n) is 13.6. The maximum atomic E-state index is 12.8. The SMILES string of the molecule is CC[C@]1(NC(=O)NCc2ccc(CNc3cc(-c4ccccc4Cl)nc4c(Br)cnn34)cc2)[C@H]2CC[C@@H]1CC2. The van der Waals surface area contributed by atoms with Crippen LogP contribution in [-0.2, 0) is 13.1 Å². The van der Waals surface area contributed by atoms with Gasteiger partial charge in [0.1, 0.15) is 5.82 Å². The Morgan fingerprint density at radius 3 is 2.38 bits per heavy atom. The van der Waals surface area contributed by atoms with E-state index >= 15 is 0 Å². The van der Waals surface area contributed by atoms with Gasteiger partial charge in [0.15, 0.2) is 5.65 Å². The zero-order valence-corrected chi connectivity index (χ0v) is 24.2.